The summed E-state index contributed by atoms with van der Waals surface area (Å²) in [6.07, 6.45) is 7.51. The second-order valence-electron chi connectivity index (χ2n) is 6.54. The van der Waals surface area contributed by atoms with Gasteiger partial charge in [-0.2, -0.15) is 5.10 Å². The predicted molar refractivity (Wildman–Crippen MR) is 109 cm³/mol. The maximum atomic E-state index is 14.9. The first-order valence-corrected chi connectivity index (χ1v) is 8.93. The van der Waals surface area contributed by atoms with Gasteiger partial charge in [0.25, 0.3) is 5.69 Å². The lowest BCUT2D eigenvalue weighted by atomic mass is 10.1. The van der Waals surface area contributed by atoms with Gasteiger partial charge in [0.15, 0.2) is 17.4 Å². The van der Waals surface area contributed by atoms with Gasteiger partial charge in [-0.15, -0.1) is 0 Å². The Labute approximate surface area is 166 Å². The lowest BCUT2D eigenvalue weighted by molar-refractivity contribution is 0.428. The molecule has 2 N–H and O–H groups in total. The van der Waals surface area contributed by atoms with E-state index < -0.39 is 5.82 Å². The lowest BCUT2D eigenvalue weighted by Gasteiger charge is -2.11. The normalized spacial score (nSPS) is 12.6. The summed E-state index contributed by atoms with van der Waals surface area (Å²) in [5.41, 5.74) is 3.36. The van der Waals surface area contributed by atoms with Crippen LogP contribution in [0.25, 0.3) is 17.0 Å². The van der Waals surface area contributed by atoms with Crippen molar-refractivity contribution in [3.05, 3.63) is 70.2 Å². The van der Waals surface area contributed by atoms with Crippen LogP contribution < -0.4 is 10.1 Å². The average molecular weight is 388 g/mol. The van der Waals surface area contributed by atoms with Crippen LogP contribution in [0.1, 0.15) is 30.7 Å². The molecule has 1 aliphatic rings. The van der Waals surface area contributed by atoms with Gasteiger partial charge in [-0.25, -0.2) is 19.2 Å². The van der Waals surface area contributed by atoms with Crippen molar-refractivity contribution < 1.29 is 9.13 Å². The predicted octanol–water partition coefficient (Wildman–Crippen LogP) is 5.42. The largest absolute Gasteiger partial charge is 0.446 e. The van der Waals surface area contributed by atoms with Crippen LogP contribution in [0.3, 0.4) is 0 Å². The maximum absolute atomic E-state index is 14.9. The Kier molecular flexibility index (Phi) is 4.79. The summed E-state index contributed by atoms with van der Waals surface area (Å²) < 4.78 is 20.5. The van der Waals surface area contributed by atoms with Gasteiger partial charge in [0.05, 0.1) is 12.3 Å². The van der Waals surface area contributed by atoms with Crippen LogP contribution in [0.2, 0.25) is 0 Å². The number of ether oxygens (including phenoxy) is 1. The van der Waals surface area contributed by atoms with Crippen molar-refractivity contribution in [3.63, 3.8) is 0 Å². The van der Waals surface area contributed by atoms with Crippen molar-refractivity contribution in [2.45, 2.75) is 20.3 Å². The van der Waals surface area contributed by atoms with E-state index in [9.17, 15) is 4.39 Å². The molecule has 3 aromatic rings. The smallest absolute Gasteiger partial charge is 0.288 e. The highest BCUT2D eigenvalue weighted by atomic mass is 19.1. The molecule has 0 amide bonds. The summed E-state index contributed by atoms with van der Waals surface area (Å²) in [7, 11) is 0. The van der Waals surface area contributed by atoms with Gasteiger partial charge in [0.2, 0.25) is 5.88 Å². The molecule has 4 rings (SSSR count). The van der Waals surface area contributed by atoms with E-state index in [1.165, 1.54) is 6.33 Å². The van der Waals surface area contributed by atoms with Gasteiger partial charge in [0.1, 0.15) is 12.1 Å². The number of halogens is 1. The highest BCUT2D eigenvalue weighted by Gasteiger charge is 2.21. The number of allylic oxidation sites excluding steroid dienone is 2. The summed E-state index contributed by atoms with van der Waals surface area (Å²) in [5.74, 6) is 0.225. The number of nitrogens with zero attached hydrogens (tertiary/aromatic N) is 4. The molecule has 0 aliphatic heterocycles. The summed E-state index contributed by atoms with van der Waals surface area (Å²) in [6, 6.07) is 5.15. The third kappa shape index (κ3) is 3.58. The summed E-state index contributed by atoms with van der Waals surface area (Å²) in [5, 5.41) is 9.94. The fourth-order valence-electron chi connectivity index (χ4n) is 3.12. The molecule has 0 bridgehead atoms. The molecular formula is C21H17FN6O. The number of fused-ring (bicyclic) bond motifs is 1. The van der Waals surface area contributed by atoms with Crippen molar-refractivity contribution in [3.8, 4) is 11.6 Å². The monoisotopic (exact) mass is 388 g/mol. The maximum Gasteiger partial charge on any atom is 0.288 e. The SMILES string of the molecule is [C-]#[N+]c1c(Nc2cc(/C=C/C)[nH]n2)ncnc1Oc1ccc2c(c1F)C=C(C)C2. The second-order valence-corrected chi connectivity index (χ2v) is 6.54. The number of nitrogens with one attached hydrogen (secondary N) is 2. The van der Waals surface area contributed by atoms with Crippen molar-refractivity contribution in [1.82, 2.24) is 20.2 Å². The van der Waals surface area contributed by atoms with Crippen LogP contribution in [-0.4, -0.2) is 20.2 Å². The summed E-state index contributed by atoms with van der Waals surface area (Å²) >= 11 is 0. The highest BCUT2D eigenvalue weighted by Crippen LogP contribution is 2.39. The molecule has 8 heteroatoms. The van der Waals surface area contributed by atoms with E-state index in [1.807, 2.05) is 32.1 Å². The average Bonchev–Trinajstić information content (AvgIpc) is 3.31. The Morgan fingerprint density at radius 2 is 2.21 bits per heavy atom. The molecule has 2 aromatic heterocycles. The van der Waals surface area contributed by atoms with E-state index in [-0.39, 0.29) is 23.1 Å². The number of rotatable bonds is 5. The molecule has 0 radical (unpaired) electrons. The molecule has 2 heterocycles. The molecular weight excluding hydrogens is 371 g/mol. The molecule has 0 saturated heterocycles. The molecule has 0 saturated carbocycles. The third-order valence-corrected chi connectivity index (χ3v) is 4.39. The van der Waals surface area contributed by atoms with Gasteiger partial charge in [-0.3, -0.25) is 5.10 Å². The highest BCUT2D eigenvalue weighted by molar-refractivity contribution is 5.75. The van der Waals surface area contributed by atoms with Gasteiger partial charge in [0, 0.05) is 11.6 Å². The molecule has 0 spiro atoms. The standard InChI is InChI=1S/C21H17FN6O/c1-4-5-14-10-17(28-27-14)26-20-19(23-3)21(25-11-24-20)29-16-7-6-13-8-12(2)9-15(13)18(16)22/h4-7,9-11H,8H2,1-2H3,(H2,24,25,26,27,28)/b5-4+. The van der Waals surface area contributed by atoms with E-state index in [0.717, 1.165) is 23.3 Å². The van der Waals surface area contributed by atoms with Crippen molar-refractivity contribution in [2.24, 2.45) is 0 Å². The van der Waals surface area contributed by atoms with Gasteiger partial charge >= 0.3 is 0 Å². The van der Waals surface area contributed by atoms with Crippen LogP contribution >= 0.6 is 0 Å². The Balaban J connectivity index is 1.65. The molecule has 1 aromatic carbocycles. The van der Waals surface area contributed by atoms with E-state index in [2.05, 4.69) is 30.3 Å². The fraction of sp³-hybridized carbons (Fsp3) is 0.143. The van der Waals surface area contributed by atoms with E-state index in [0.29, 0.717) is 11.4 Å². The molecule has 144 valence electrons. The number of aromatic nitrogens is 4. The first kappa shape index (κ1) is 18.4. The second kappa shape index (κ2) is 7.56. The van der Waals surface area contributed by atoms with E-state index >= 15 is 0 Å². The number of aromatic amines is 1. The first-order chi connectivity index (χ1) is 14.1. The molecule has 0 atom stereocenters. The zero-order chi connectivity index (χ0) is 20.4. The first-order valence-electron chi connectivity index (χ1n) is 8.93. The number of hydrogen-bond acceptors (Lipinski definition) is 5. The Morgan fingerprint density at radius 1 is 1.34 bits per heavy atom. The zero-order valence-corrected chi connectivity index (χ0v) is 15.8. The molecule has 1 aliphatic carbocycles. The summed E-state index contributed by atoms with van der Waals surface area (Å²) in [4.78, 5) is 11.6. The van der Waals surface area contributed by atoms with Crippen LogP contribution in [-0.2, 0) is 6.42 Å². The van der Waals surface area contributed by atoms with Crippen LogP contribution in [0.5, 0.6) is 11.6 Å². The summed E-state index contributed by atoms with van der Waals surface area (Å²) in [6.45, 7) is 11.4. The molecule has 7 nitrogen and oxygen atoms in total. The van der Waals surface area contributed by atoms with E-state index in [1.54, 1.807) is 18.2 Å². The van der Waals surface area contributed by atoms with Gasteiger partial charge in [-0.1, -0.05) is 23.8 Å². The van der Waals surface area contributed by atoms with Crippen LogP contribution in [0.15, 0.2) is 36.2 Å². The minimum Gasteiger partial charge on any atom is -0.446 e. The molecule has 0 unspecified atom stereocenters. The fourth-order valence-corrected chi connectivity index (χ4v) is 3.12. The van der Waals surface area contributed by atoms with Crippen molar-refractivity contribution in [2.75, 3.05) is 5.32 Å². The Hall–Kier alpha value is -3.99. The molecule has 29 heavy (non-hydrogen) atoms. The van der Waals surface area contributed by atoms with Gasteiger partial charge < -0.3 is 10.1 Å². The number of anilines is 2. The quantitative estimate of drug-likeness (QED) is 0.571. The minimum atomic E-state index is -0.466. The number of H-pyrrole nitrogens is 1. The molecule has 0 fully saturated rings. The minimum absolute atomic E-state index is 0.0133. The van der Waals surface area contributed by atoms with Crippen molar-refractivity contribution in [1.29, 1.82) is 0 Å². The Morgan fingerprint density at radius 3 is 3.00 bits per heavy atom. The third-order valence-electron chi connectivity index (χ3n) is 4.39. The van der Waals surface area contributed by atoms with Crippen LogP contribution in [0.4, 0.5) is 21.7 Å². The van der Waals surface area contributed by atoms with Crippen molar-refractivity contribution >= 4 is 29.5 Å². The van der Waals surface area contributed by atoms with E-state index in [4.69, 9.17) is 11.3 Å². The van der Waals surface area contributed by atoms with Gasteiger partial charge in [-0.05, 0) is 38.0 Å². The number of benzene rings is 1. The Bertz CT molecular complexity index is 1190. The lowest BCUT2D eigenvalue weighted by Crippen LogP contribution is -1.99. The van der Waals surface area contributed by atoms with Crippen LogP contribution in [0, 0.1) is 12.4 Å². The topological polar surface area (TPSA) is 80.1 Å². The zero-order valence-electron chi connectivity index (χ0n) is 15.8. The number of hydrogen-bond donors (Lipinski definition) is 2.